The first-order valence-electron chi connectivity index (χ1n) is 11.3. The third-order valence-corrected chi connectivity index (χ3v) is 5.74. The highest BCUT2D eigenvalue weighted by Gasteiger charge is 2.23. The Bertz CT molecular complexity index is 1060. The molecule has 2 amide bonds. The maximum Gasteiger partial charge on any atom is 0.251 e. The van der Waals surface area contributed by atoms with Gasteiger partial charge in [-0.15, -0.1) is 0 Å². The number of aryl methyl sites for hydroxylation is 1. The number of anilines is 2. The summed E-state index contributed by atoms with van der Waals surface area (Å²) in [6.45, 7) is 2.87. The van der Waals surface area contributed by atoms with E-state index in [1.165, 1.54) is 0 Å². The van der Waals surface area contributed by atoms with E-state index in [1.807, 2.05) is 72.8 Å². The van der Waals surface area contributed by atoms with E-state index in [4.69, 9.17) is 4.74 Å². The van der Waals surface area contributed by atoms with Crippen molar-refractivity contribution < 1.29 is 17.2 Å². The monoisotopic (exact) mass is 447 g/mol. The van der Waals surface area contributed by atoms with Gasteiger partial charge in [0.25, 0.3) is 5.91 Å². The van der Waals surface area contributed by atoms with Crippen LogP contribution >= 0.6 is 0 Å². The number of nitrogens with zero attached hydrogens (tertiary/aromatic N) is 1. The van der Waals surface area contributed by atoms with Crippen molar-refractivity contribution in [1.82, 2.24) is 5.32 Å². The first-order valence-corrected chi connectivity index (χ1v) is 11.3. The van der Waals surface area contributed by atoms with E-state index in [0.29, 0.717) is 31.6 Å². The van der Waals surface area contributed by atoms with Gasteiger partial charge in [0.05, 0.1) is 24.6 Å². The predicted molar refractivity (Wildman–Crippen MR) is 135 cm³/mol. The lowest BCUT2D eigenvalue weighted by atomic mass is 10.0. The van der Waals surface area contributed by atoms with Crippen LogP contribution in [-0.4, -0.2) is 44.2 Å². The van der Waals surface area contributed by atoms with Gasteiger partial charge in [-0.05, 0) is 42.7 Å². The van der Waals surface area contributed by atoms with Crippen LogP contribution in [-0.2, 0) is 16.0 Å². The summed E-state index contributed by atoms with van der Waals surface area (Å²) in [5, 5.41) is 6.00. The van der Waals surface area contributed by atoms with Gasteiger partial charge in [0, 0.05) is 21.5 Å². The minimum Gasteiger partial charge on any atom is -0.378 e. The zero-order chi connectivity index (χ0) is 22.9. The first kappa shape index (κ1) is 22.6. The molecule has 1 atom stereocenters. The zero-order valence-corrected chi connectivity index (χ0v) is 18.6. The largest absolute Gasteiger partial charge is 0.378 e. The van der Waals surface area contributed by atoms with Crippen molar-refractivity contribution in [3.8, 4) is 0 Å². The number of hydrogen-bond acceptors (Lipinski definition) is 4. The highest BCUT2D eigenvalue weighted by Crippen LogP contribution is 2.26. The molecule has 0 aromatic heterocycles. The summed E-state index contributed by atoms with van der Waals surface area (Å²) in [7, 11) is 0. The van der Waals surface area contributed by atoms with E-state index in [2.05, 4.69) is 15.5 Å². The van der Waals surface area contributed by atoms with Gasteiger partial charge in [-0.25, -0.2) is 0 Å². The molecule has 6 nitrogen and oxygen atoms in total. The molecule has 1 aliphatic rings. The van der Waals surface area contributed by atoms with E-state index < -0.39 is 6.04 Å². The maximum atomic E-state index is 13.4. The van der Waals surface area contributed by atoms with Crippen LogP contribution < -0.4 is 15.5 Å². The number of amides is 2. The molecule has 1 heterocycles. The number of nitrogens with one attached hydrogen (secondary N) is 2. The second-order valence-corrected chi connectivity index (χ2v) is 8.02. The molecule has 1 aliphatic heterocycles. The lowest BCUT2D eigenvalue weighted by Crippen LogP contribution is -2.44. The molecule has 2 N–H and O–H groups in total. The van der Waals surface area contributed by atoms with Crippen LogP contribution in [0.5, 0.6) is 0 Å². The van der Waals surface area contributed by atoms with Crippen molar-refractivity contribution in [2.45, 2.75) is 18.9 Å². The van der Waals surface area contributed by atoms with Gasteiger partial charge in [0.15, 0.2) is 0 Å². The van der Waals surface area contributed by atoms with Crippen LogP contribution in [0.15, 0.2) is 84.9 Å². The number of carbonyl (C=O) groups is 2. The van der Waals surface area contributed by atoms with Crippen LogP contribution in [0.4, 0.5) is 11.4 Å². The molecule has 0 bridgehead atoms. The van der Waals surface area contributed by atoms with Crippen molar-refractivity contribution >= 4 is 23.2 Å². The number of rotatable bonds is 8. The Labute approximate surface area is 197 Å². The summed E-state index contributed by atoms with van der Waals surface area (Å²) in [5.74, 6) is -0.485. The number of benzene rings is 3. The van der Waals surface area contributed by atoms with Crippen molar-refractivity contribution in [3.63, 3.8) is 0 Å². The van der Waals surface area contributed by atoms with Crippen molar-refractivity contribution in [2.75, 3.05) is 36.5 Å². The molecule has 0 aliphatic carbocycles. The fourth-order valence-corrected chi connectivity index (χ4v) is 3.93. The number of morpholine rings is 1. The van der Waals surface area contributed by atoms with Crippen molar-refractivity contribution in [1.29, 1.82) is 0 Å². The third kappa shape index (κ3) is 6.20. The molecule has 4 rings (SSSR count). The Hall–Kier alpha value is -3.64. The SMILES string of the molecule is O=C(NC(CCc1ccccc1)C(=O)Nc1ccccc1N1CCOCC1)c1ccccc1.[HH].[HH]. The summed E-state index contributed by atoms with van der Waals surface area (Å²) in [6, 6.07) is 26.1. The van der Waals surface area contributed by atoms with Crippen molar-refractivity contribution in [3.05, 3.63) is 96.1 Å². The minimum absolute atomic E-state index is 0. The van der Waals surface area contributed by atoms with Crippen LogP contribution in [0, 0.1) is 0 Å². The second-order valence-electron chi connectivity index (χ2n) is 8.02. The highest BCUT2D eigenvalue weighted by molar-refractivity contribution is 6.02. The molecular formula is C27H33N3O3. The average molecular weight is 448 g/mol. The molecule has 3 aromatic carbocycles. The lowest BCUT2D eigenvalue weighted by molar-refractivity contribution is -0.118. The lowest BCUT2D eigenvalue weighted by Gasteiger charge is -2.31. The van der Waals surface area contributed by atoms with Gasteiger partial charge < -0.3 is 20.3 Å². The van der Waals surface area contributed by atoms with Gasteiger partial charge in [0.1, 0.15) is 6.04 Å². The van der Waals surface area contributed by atoms with Crippen LogP contribution in [0.1, 0.15) is 25.2 Å². The maximum absolute atomic E-state index is 13.4. The summed E-state index contributed by atoms with van der Waals surface area (Å²) < 4.78 is 5.46. The Morgan fingerprint density at radius 3 is 2.24 bits per heavy atom. The van der Waals surface area contributed by atoms with Gasteiger partial charge in [-0.3, -0.25) is 9.59 Å². The molecule has 0 radical (unpaired) electrons. The molecule has 6 heteroatoms. The van der Waals surface area contributed by atoms with E-state index in [9.17, 15) is 9.59 Å². The van der Waals surface area contributed by atoms with E-state index in [0.717, 1.165) is 30.0 Å². The van der Waals surface area contributed by atoms with Gasteiger partial charge in [-0.2, -0.15) is 0 Å². The summed E-state index contributed by atoms with van der Waals surface area (Å²) >= 11 is 0. The van der Waals surface area contributed by atoms with Gasteiger partial charge in [-0.1, -0.05) is 60.7 Å². The van der Waals surface area contributed by atoms with E-state index >= 15 is 0 Å². The fraction of sp³-hybridized carbons (Fsp3) is 0.259. The van der Waals surface area contributed by atoms with Crippen LogP contribution in [0.3, 0.4) is 0 Å². The summed E-state index contributed by atoms with van der Waals surface area (Å²) in [4.78, 5) is 28.4. The highest BCUT2D eigenvalue weighted by atomic mass is 16.5. The van der Waals surface area contributed by atoms with Crippen LogP contribution in [0.2, 0.25) is 0 Å². The van der Waals surface area contributed by atoms with Gasteiger partial charge in [0.2, 0.25) is 5.91 Å². The van der Waals surface area contributed by atoms with Crippen LogP contribution in [0.25, 0.3) is 0 Å². The smallest absolute Gasteiger partial charge is 0.251 e. The number of para-hydroxylation sites is 2. The number of ether oxygens (including phenoxy) is 1. The first-order chi connectivity index (χ1) is 16.2. The quantitative estimate of drug-likeness (QED) is 0.537. The second kappa shape index (κ2) is 11.3. The summed E-state index contributed by atoms with van der Waals surface area (Å²) in [5.41, 5.74) is 3.36. The molecule has 1 saturated heterocycles. The molecule has 174 valence electrons. The zero-order valence-electron chi connectivity index (χ0n) is 18.6. The van der Waals surface area contributed by atoms with E-state index in [-0.39, 0.29) is 14.7 Å². The average Bonchev–Trinajstić information content (AvgIpc) is 2.88. The summed E-state index contributed by atoms with van der Waals surface area (Å²) in [6.07, 6.45) is 1.17. The standard InChI is InChI=1S/C27H29N3O3.2H2/c31-26(22-11-5-2-6-12-22)29-24(16-15-21-9-3-1-4-10-21)27(32)28-23-13-7-8-14-25(23)30-17-19-33-20-18-30;;/h1-14,24H,15-20H2,(H,28,32)(H,29,31);2*1H. The van der Waals surface area contributed by atoms with Gasteiger partial charge >= 0.3 is 0 Å². The third-order valence-electron chi connectivity index (χ3n) is 5.74. The molecule has 0 spiro atoms. The Kier molecular flexibility index (Phi) is 7.72. The van der Waals surface area contributed by atoms with Crippen molar-refractivity contribution in [2.24, 2.45) is 0 Å². The van der Waals surface area contributed by atoms with E-state index in [1.54, 1.807) is 12.1 Å². The number of hydrogen-bond donors (Lipinski definition) is 2. The molecule has 1 fully saturated rings. The molecule has 1 unspecified atom stereocenters. The molecule has 3 aromatic rings. The Morgan fingerprint density at radius 2 is 1.52 bits per heavy atom. The Balaban J connectivity index is 0.00000216. The molecular weight excluding hydrogens is 414 g/mol. The molecule has 33 heavy (non-hydrogen) atoms. The minimum atomic E-state index is -0.671. The molecule has 0 saturated carbocycles. The Morgan fingerprint density at radius 1 is 0.879 bits per heavy atom. The normalized spacial score (nSPS) is 14.4. The topological polar surface area (TPSA) is 70.7 Å². The number of carbonyl (C=O) groups excluding carboxylic acids is 2. The predicted octanol–water partition coefficient (Wildman–Crippen LogP) is 4.39. The fourth-order valence-electron chi connectivity index (χ4n) is 3.93.